The van der Waals surface area contributed by atoms with Crippen LogP contribution in [0, 0.1) is 5.41 Å². The fourth-order valence-electron chi connectivity index (χ4n) is 2.94. The number of nitrogens with one attached hydrogen (secondary N) is 1. The molecule has 1 N–H and O–H groups in total. The molecule has 0 aromatic carbocycles. The first-order valence-electron chi connectivity index (χ1n) is 7.03. The molecule has 0 aromatic rings. The highest BCUT2D eigenvalue weighted by Gasteiger charge is 2.43. The smallest absolute Gasteiger partial charge is 0.223 e. The van der Waals surface area contributed by atoms with Crippen LogP contribution in [0.1, 0.15) is 40.0 Å². The van der Waals surface area contributed by atoms with Crippen molar-refractivity contribution in [3.05, 3.63) is 0 Å². The third-order valence-electron chi connectivity index (χ3n) is 3.97. The van der Waals surface area contributed by atoms with Crippen molar-refractivity contribution in [3.8, 4) is 0 Å². The van der Waals surface area contributed by atoms with Crippen LogP contribution < -0.4 is 5.32 Å². The third-order valence-corrected chi connectivity index (χ3v) is 3.97. The number of hydrogen-bond donors (Lipinski definition) is 1. The number of piperidine rings is 1. The Bertz CT molecular complexity index is 303. The zero-order valence-electron chi connectivity index (χ0n) is 11.9. The lowest BCUT2D eigenvalue weighted by molar-refractivity contribution is -0.129. The maximum atomic E-state index is 12.1. The van der Waals surface area contributed by atoms with E-state index in [1.165, 1.54) is 0 Å². The summed E-state index contributed by atoms with van der Waals surface area (Å²) in [5.41, 5.74) is 0.138. The van der Waals surface area contributed by atoms with Gasteiger partial charge in [0.25, 0.3) is 0 Å². The molecule has 0 aliphatic carbocycles. The first-order chi connectivity index (χ1) is 8.40. The molecule has 0 bridgehead atoms. The summed E-state index contributed by atoms with van der Waals surface area (Å²) in [6.07, 6.45) is 3.01. The summed E-state index contributed by atoms with van der Waals surface area (Å²) in [5.74, 6) is 0.314. The number of carbonyl (C=O) groups is 1. The predicted molar refractivity (Wildman–Crippen MR) is 71.4 cm³/mol. The van der Waals surface area contributed by atoms with Gasteiger partial charge in [0.2, 0.25) is 5.91 Å². The largest absolute Gasteiger partial charge is 0.374 e. The lowest BCUT2D eigenvalue weighted by Gasteiger charge is -2.33. The topological polar surface area (TPSA) is 41.6 Å². The molecule has 2 heterocycles. The highest BCUT2D eigenvalue weighted by molar-refractivity contribution is 5.79. The second-order valence-corrected chi connectivity index (χ2v) is 6.70. The molecule has 4 heteroatoms. The van der Waals surface area contributed by atoms with Gasteiger partial charge in [-0.3, -0.25) is 4.79 Å². The molecule has 0 radical (unpaired) electrons. The summed E-state index contributed by atoms with van der Waals surface area (Å²) < 4.78 is 5.71. The van der Waals surface area contributed by atoms with E-state index in [1.54, 1.807) is 0 Å². The van der Waals surface area contributed by atoms with Crippen molar-refractivity contribution in [3.63, 3.8) is 0 Å². The van der Waals surface area contributed by atoms with Crippen molar-refractivity contribution in [1.82, 2.24) is 10.2 Å². The van der Waals surface area contributed by atoms with Crippen LogP contribution in [0.15, 0.2) is 0 Å². The standard InChI is InChI=1S/C14H26N2O2/c1-13(2,3)18-9-8-16-11-14(10-12(16)17)4-6-15-7-5-14/h15H,4-11H2,1-3H3. The van der Waals surface area contributed by atoms with Gasteiger partial charge in [0, 0.05) is 19.5 Å². The Labute approximate surface area is 110 Å². The Morgan fingerprint density at radius 1 is 1.33 bits per heavy atom. The molecule has 18 heavy (non-hydrogen) atoms. The van der Waals surface area contributed by atoms with E-state index >= 15 is 0 Å². The van der Waals surface area contributed by atoms with E-state index in [4.69, 9.17) is 4.74 Å². The van der Waals surface area contributed by atoms with Crippen LogP contribution in [-0.4, -0.2) is 49.2 Å². The van der Waals surface area contributed by atoms with Crippen molar-refractivity contribution in [2.24, 2.45) is 5.41 Å². The second-order valence-electron chi connectivity index (χ2n) is 6.70. The number of hydrogen-bond acceptors (Lipinski definition) is 3. The SMILES string of the molecule is CC(C)(C)OCCN1CC2(CCNCC2)CC1=O. The fraction of sp³-hybridized carbons (Fsp3) is 0.929. The maximum Gasteiger partial charge on any atom is 0.223 e. The van der Waals surface area contributed by atoms with E-state index in [9.17, 15) is 4.79 Å². The van der Waals surface area contributed by atoms with Crippen LogP contribution in [0.4, 0.5) is 0 Å². The van der Waals surface area contributed by atoms with E-state index in [0.29, 0.717) is 12.5 Å². The van der Waals surface area contributed by atoms with E-state index < -0.39 is 0 Å². The van der Waals surface area contributed by atoms with E-state index in [0.717, 1.165) is 45.4 Å². The van der Waals surface area contributed by atoms with Crippen LogP contribution in [0.25, 0.3) is 0 Å². The zero-order chi connectivity index (χ0) is 13.2. The van der Waals surface area contributed by atoms with E-state index in [1.807, 2.05) is 25.7 Å². The highest BCUT2D eigenvalue weighted by Crippen LogP contribution is 2.39. The normalized spacial score (nSPS) is 23.9. The first-order valence-corrected chi connectivity index (χ1v) is 7.03. The summed E-state index contributed by atoms with van der Waals surface area (Å²) >= 11 is 0. The molecule has 104 valence electrons. The molecule has 2 rings (SSSR count). The quantitative estimate of drug-likeness (QED) is 0.828. The number of nitrogens with zero attached hydrogens (tertiary/aromatic N) is 1. The molecule has 1 amide bonds. The number of ether oxygens (including phenoxy) is 1. The van der Waals surface area contributed by atoms with Gasteiger partial charge >= 0.3 is 0 Å². The van der Waals surface area contributed by atoms with Crippen LogP contribution >= 0.6 is 0 Å². The van der Waals surface area contributed by atoms with Crippen LogP contribution in [0.3, 0.4) is 0 Å². The molecular weight excluding hydrogens is 228 g/mol. The number of likely N-dealkylation sites (tertiary alicyclic amines) is 1. The lowest BCUT2D eigenvalue weighted by Crippen LogP contribution is -2.39. The highest BCUT2D eigenvalue weighted by atomic mass is 16.5. The van der Waals surface area contributed by atoms with Crippen molar-refractivity contribution >= 4 is 5.91 Å². The van der Waals surface area contributed by atoms with Gasteiger partial charge in [-0.15, -0.1) is 0 Å². The van der Waals surface area contributed by atoms with Gasteiger partial charge in [0.1, 0.15) is 0 Å². The van der Waals surface area contributed by atoms with Gasteiger partial charge in [-0.05, 0) is 52.1 Å². The fourth-order valence-corrected chi connectivity index (χ4v) is 2.94. The molecular formula is C14H26N2O2. The number of carbonyl (C=O) groups excluding carboxylic acids is 1. The van der Waals surface area contributed by atoms with Crippen LogP contribution in [0.5, 0.6) is 0 Å². The van der Waals surface area contributed by atoms with Crippen LogP contribution in [0.2, 0.25) is 0 Å². The van der Waals surface area contributed by atoms with Gasteiger partial charge in [0.15, 0.2) is 0 Å². The van der Waals surface area contributed by atoms with Crippen LogP contribution in [-0.2, 0) is 9.53 Å². The number of rotatable bonds is 3. The van der Waals surface area contributed by atoms with Gasteiger partial charge in [0.05, 0.1) is 12.2 Å². The molecule has 0 aromatic heterocycles. The van der Waals surface area contributed by atoms with Gasteiger partial charge < -0.3 is 15.0 Å². The Balaban J connectivity index is 1.82. The average molecular weight is 254 g/mol. The minimum Gasteiger partial charge on any atom is -0.374 e. The summed E-state index contributed by atoms with van der Waals surface area (Å²) in [6, 6.07) is 0. The summed E-state index contributed by atoms with van der Waals surface area (Å²) in [6.45, 7) is 10.6. The first kappa shape index (κ1) is 13.8. The molecule has 2 saturated heterocycles. The zero-order valence-corrected chi connectivity index (χ0v) is 11.9. The molecule has 0 unspecified atom stereocenters. The second kappa shape index (κ2) is 5.17. The maximum absolute atomic E-state index is 12.1. The van der Waals surface area contributed by atoms with Crippen molar-refractivity contribution in [2.75, 3.05) is 32.8 Å². The minimum absolute atomic E-state index is 0.116. The summed E-state index contributed by atoms with van der Waals surface area (Å²) in [4.78, 5) is 14.1. The average Bonchev–Trinajstić information content (AvgIpc) is 2.54. The molecule has 2 fully saturated rings. The van der Waals surface area contributed by atoms with E-state index in [2.05, 4.69) is 5.32 Å². The molecule has 0 saturated carbocycles. The summed E-state index contributed by atoms with van der Waals surface area (Å²) in [7, 11) is 0. The Kier molecular flexibility index (Phi) is 3.97. The molecule has 0 atom stereocenters. The predicted octanol–water partition coefficient (Wildman–Crippen LogP) is 1.40. The van der Waals surface area contributed by atoms with Gasteiger partial charge in [-0.25, -0.2) is 0 Å². The van der Waals surface area contributed by atoms with E-state index in [-0.39, 0.29) is 11.0 Å². The van der Waals surface area contributed by atoms with Crippen molar-refractivity contribution in [2.45, 2.75) is 45.6 Å². The molecule has 2 aliphatic rings. The van der Waals surface area contributed by atoms with Gasteiger partial charge in [-0.1, -0.05) is 0 Å². The molecule has 2 aliphatic heterocycles. The van der Waals surface area contributed by atoms with Crippen molar-refractivity contribution in [1.29, 1.82) is 0 Å². The van der Waals surface area contributed by atoms with Crippen molar-refractivity contribution < 1.29 is 9.53 Å². The minimum atomic E-state index is -0.116. The number of amides is 1. The monoisotopic (exact) mass is 254 g/mol. The van der Waals surface area contributed by atoms with Gasteiger partial charge in [-0.2, -0.15) is 0 Å². The Morgan fingerprint density at radius 2 is 2.00 bits per heavy atom. The molecule has 4 nitrogen and oxygen atoms in total. The summed E-state index contributed by atoms with van der Waals surface area (Å²) in [5, 5.41) is 3.37. The Hall–Kier alpha value is -0.610. The Morgan fingerprint density at radius 3 is 2.61 bits per heavy atom. The molecule has 1 spiro atoms. The lowest BCUT2D eigenvalue weighted by atomic mass is 9.78. The third kappa shape index (κ3) is 3.45.